The smallest absolute Gasteiger partial charge is 0.227 e. The van der Waals surface area contributed by atoms with Crippen molar-refractivity contribution in [2.75, 3.05) is 10.2 Å². The molecule has 0 saturated carbocycles. The monoisotopic (exact) mass is 460 g/mol. The summed E-state index contributed by atoms with van der Waals surface area (Å²) < 4.78 is 5.65. The number of ketones is 1. The molecular formula is C27H28N2O3S. The van der Waals surface area contributed by atoms with Gasteiger partial charge in [-0.1, -0.05) is 38.0 Å². The third-order valence-electron chi connectivity index (χ3n) is 6.51. The molecule has 2 atom stereocenters. The molecule has 2 unspecified atom stereocenters. The molecule has 33 heavy (non-hydrogen) atoms. The summed E-state index contributed by atoms with van der Waals surface area (Å²) >= 11 is 1.59. The number of carbonyl (C=O) groups excluding carboxylic acids is 2. The van der Waals surface area contributed by atoms with Crippen molar-refractivity contribution in [3.8, 4) is 0 Å². The normalized spacial score (nSPS) is 20.2. The predicted molar refractivity (Wildman–Crippen MR) is 131 cm³/mol. The van der Waals surface area contributed by atoms with E-state index in [1.54, 1.807) is 17.6 Å². The molecule has 0 spiro atoms. The standard InChI is InChI=1S/C27H28N2O3S/c1-2-3-4-13-25(31)29-21-10-6-5-9-19(21)28-20-16-18(23-11-7-14-32-23)17-22(30)26(20)27(29)24-12-8-15-33-24/h5-12,14-15,18,27-28H,2-4,13,16-17H2,1H3. The minimum Gasteiger partial charge on any atom is -0.469 e. The number of nitrogens with zero attached hydrogens (tertiary/aromatic N) is 1. The molecule has 2 aromatic heterocycles. The number of amides is 1. The van der Waals surface area contributed by atoms with Gasteiger partial charge in [0.2, 0.25) is 5.91 Å². The van der Waals surface area contributed by atoms with Gasteiger partial charge in [0.25, 0.3) is 0 Å². The van der Waals surface area contributed by atoms with E-state index in [0.717, 1.165) is 47.0 Å². The van der Waals surface area contributed by atoms with Crippen LogP contribution in [0.25, 0.3) is 0 Å². The topological polar surface area (TPSA) is 62.6 Å². The number of unbranched alkanes of at least 4 members (excludes halogenated alkanes) is 2. The van der Waals surface area contributed by atoms with E-state index < -0.39 is 6.04 Å². The maximum Gasteiger partial charge on any atom is 0.227 e. The van der Waals surface area contributed by atoms with Gasteiger partial charge in [-0.2, -0.15) is 0 Å². The first kappa shape index (κ1) is 21.7. The number of benzene rings is 1. The van der Waals surface area contributed by atoms with Crippen LogP contribution in [0.1, 0.15) is 68.0 Å². The summed E-state index contributed by atoms with van der Waals surface area (Å²) in [6.45, 7) is 2.14. The number of anilines is 2. The molecular weight excluding hydrogens is 432 g/mol. The molecule has 3 heterocycles. The average molecular weight is 461 g/mol. The lowest BCUT2D eigenvalue weighted by Crippen LogP contribution is -2.38. The fraction of sp³-hybridized carbons (Fsp3) is 0.333. The second kappa shape index (κ2) is 9.40. The number of rotatable bonds is 6. The van der Waals surface area contributed by atoms with Crippen molar-refractivity contribution >= 4 is 34.4 Å². The molecule has 0 bridgehead atoms. The molecule has 1 amide bonds. The molecule has 5 nitrogen and oxygen atoms in total. The van der Waals surface area contributed by atoms with E-state index in [9.17, 15) is 9.59 Å². The van der Waals surface area contributed by atoms with Gasteiger partial charge in [-0.25, -0.2) is 0 Å². The Morgan fingerprint density at radius 3 is 2.76 bits per heavy atom. The highest BCUT2D eigenvalue weighted by Crippen LogP contribution is 2.48. The number of fused-ring (bicyclic) bond motifs is 1. The quantitative estimate of drug-likeness (QED) is 0.410. The lowest BCUT2D eigenvalue weighted by Gasteiger charge is -2.34. The van der Waals surface area contributed by atoms with Crippen LogP contribution in [0.5, 0.6) is 0 Å². The van der Waals surface area contributed by atoms with E-state index in [4.69, 9.17) is 4.42 Å². The van der Waals surface area contributed by atoms with E-state index in [2.05, 4.69) is 12.2 Å². The molecule has 170 valence electrons. The highest BCUT2D eigenvalue weighted by molar-refractivity contribution is 7.10. The van der Waals surface area contributed by atoms with Crippen LogP contribution >= 0.6 is 11.3 Å². The Hall–Kier alpha value is -3.12. The van der Waals surface area contributed by atoms with E-state index in [1.165, 1.54) is 0 Å². The summed E-state index contributed by atoms with van der Waals surface area (Å²) in [6, 6.07) is 15.3. The van der Waals surface area contributed by atoms with Crippen LogP contribution in [0, 0.1) is 0 Å². The number of hydrogen-bond donors (Lipinski definition) is 1. The lowest BCUT2D eigenvalue weighted by atomic mass is 9.81. The molecule has 0 radical (unpaired) electrons. The SMILES string of the molecule is CCCCCC(=O)N1c2ccccc2NC2=C(C(=O)CC(c3ccco3)C2)C1c1cccs1. The third-order valence-corrected chi connectivity index (χ3v) is 7.43. The summed E-state index contributed by atoms with van der Waals surface area (Å²) in [4.78, 5) is 30.3. The predicted octanol–water partition coefficient (Wildman–Crippen LogP) is 6.82. The van der Waals surface area contributed by atoms with Crippen LogP contribution < -0.4 is 10.2 Å². The van der Waals surface area contributed by atoms with Crippen molar-refractivity contribution in [2.45, 2.75) is 57.4 Å². The van der Waals surface area contributed by atoms with Crippen LogP contribution in [-0.4, -0.2) is 11.7 Å². The second-order valence-corrected chi connectivity index (χ2v) is 9.70. The Labute approximate surface area is 198 Å². The van der Waals surface area contributed by atoms with Crippen molar-refractivity contribution < 1.29 is 14.0 Å². The zero-order valence-electron chi connectivity index (χ0n) is 18.8. The van der Waals surface area contributed by atoms with Gasteiger partial charge in [0, 0.05) is 34.9 Å². The Balaban J connectivity index is 1.64. The first-order valence-electron chi connectivity index (χ1n) is 11.7. The zero-order valence-corrected chi connectivity index (χ0v) is 19.6. The van der Waals surface area contributed by atoms with Gasteiger partial charge in [-0.3, -0.25) is 14.5 Å². The Bertz CT molecular complexity index is 1160. The first-order chi connectivity index (χ1) is 16.2. The summed E-state index contributed by atoms with van der Waals surface area (Å²) in [7, 11) is 0. The molecule has 6 heteroatoms. The number of thiophene rings is 1. The summed E-state index contributed by atoms with van der Waals surface area (Å²) in [6.07, 6.45) is 6.09. The zero-order chi connectivity index (χ0) is 22.8. The van der Waals surface area contributed by atoms with Crippen LogP contribution in [0.15, 0.2) is 75.9 Å². The van der Waals surface area contributed by atoms with E-state index in [-0.39, 0.29) is 17.6 Å². The van der Waals surface area contributed by atoms with Crippen molar-refractivity contribution in [1.82, 2.24) is 0 Å². The van der Waals surface area contributed by atoms with Crippen LogP contribution in [0.4, 0.5) is 11.4 Å². The fourth-order valence-electron chi connectivity index (χ4n) is 4.95. The highest BCUT2D eigenvalue weighted by Gasteiger charge is 2.42. The Morgan fingerprint density at radius 1 is 1.12 bits per heavy atom. The van der Waals surface area contributed by atoms with Crippen LogP contribution in [0.2, 0.25) is 0 Å². The average Bonchev–Trinajstić information content (AvgIpc) is 3.51. The van der Waals surface area contributed by atoms with Gasteiger partial charge in [-0.05, 0) is 48.6 Å². The molecule has 1 aromatic carbocycles. The van der Waals surface area contributed by atoms with Crippen molar-refractivity contribution in [3.63, 3.8) is 0 Å². The van der Waals surface area contributed by atoms with Crippen LogP contribution in [0.3, 0.4) is 0 Å². The summed E-state index contributed by atoms with van der Waals surface area (Å²) in [5.74, 6) is 0.949. The number of furan rings is 1. The van der Waals surface area contributed by atoms with Crippen molar-refractivity contribution in [3.05, 3.63) is 82.1 Å². The largest absolute Gasteiger partial charge is 0.469 e. The van der Waals surface area contributed by atoms with Crippen molar-refractivity contribution in [2.24, 2.45) is 0 Å². The first-order valence-corrected chi connectivity index (χ1v) is 12.6. The van der Waals surface area contributed by atoms with Gasteiger partial charge in [0.15, 0.2) is 5.78 Å². The number of para-hydroxylation sites is 2. The van der Waals surface area contributed by atoms with E-state index in [1.807, 2.05) is 58.8 Å². The fourth-order valence-corrected chi connectivity index (χ4v) is 5.78. The molecule has 1 aliphatic heterocycles. The minimum atomic E-state index is -0.421. The maximum absolute atomic E-state index is 13.7. The number of allylic oxidation sites excluding steroid dienone is 1. The molecule has 1 aliphatic carbocycles. The van der Waals surface area contributed by atoms with E-state index >= 15 is 0 Å². The molecule has 2 aliphatic rings. The summed E-state index contributed by atoms with van der Waals surface area (Å²) in [5.41, 5.74) is 3.29. The molecule has 3 aromatic rings. The molecule has 1 N–H and O–H groups in total. The van der Waals surface area contributed by atoms with Gasteiger partial charge >= 0.3 is 0 Å². The van der Waals surface area contributed by atoms with Gasteiger partial charge < -0.3 is 9.73 Å². The molecule has 0 fully saturated rings. The van der Waals surface area contributed by atoms with Gasteiger partial charge in [0.05, 0.1) is 17.6 Å². The van der Waals surface area contributed by atoms with E-state index in [0.29, 0.717) is 24.8 Å². The Morgan fingerprint density at radius 2 is 2.00 bits per heavy atom. The van der Waals surface area contributed by atoms with Crippen molar-refractivity contribution in [1.29, 1.82) is 0 Å². The number of nitrogens with one attached hydrogen (secondary N) is 1. The number of Topliss-reactive ketones (excluding diaryl/α,β-unsaturated/α-hetero) is 1. The van der Waals surface area contributed by atoms with Gasteiger partial charge in [-0.15, -0.1) is 11.3 Å². The highest BCUT2D eigenvalue weighted by atomic mass is 32.1. The number of carbonyl (C=O) groups is 2. The molecule has 5 rings (SSSR count). The summed E-state index contributed by atoms with van der Waals surface area (Å²) in [5, 5.41) is 5.57. The minimum absolute atomic E-state index is 0.0123. The van der Waals surface area contributed by atoms with Gasteiger partial charge in [0.1, 0.15) is 11.8 Å². The number of hydrogen-bond acceptors (Lipinski definition) is 5. The lowest BCUT2D eigenvalue weighted by molar-refractivity contribution is -0.119. The van der Waals surface area contributed by atoms with Crippen LogP contribution in [-0.2, 0) is 9.59 Å². The third kappa shape index (κ3) is 4.15. The Kier molecular flexibility index (Phi) is 6.18. The maximum atomic E-state index is 13.7. The molecule has 0 saturated heterocycles. The second-order valence-electron chi connectivity index (χ2n) is 8.72.